The van der Waals surface area contributed by atoms with Gasteiger partial charge in [-0.1, -0.05) is 19.9 Å². The van der Waals surface area contributed by atoms with E-state index in [1.807, 2.05) is 12.3 Å². The lowest BCUT2D eigenvalue weighted by atomic mass is 9.81. The lowest BCUT2D eigenvalue weighted by Gasteiger charge is -2.49. The molecule has 3 aliphatic rings. The Bertz CT molecular complexity index is 665. The summed E-state index contributed by atoms with van der Waals surface area (Å²) in [6, 6.07) is 6.75. The van der Waals surface area contributed by atoms with Crippen molar-refractivity contribution in [3.63, 3.8) is 0 Å². The number of piperidine rings is 1. The molecule has 3 aliphatic heterocycles. The molecule has 4 rings (SSSR count). The van der Waals surface area contributed by atoms with E-state index in [1.165, 1.54) is 0 Å². The van der Waals surface area contributed by atoms with E-state index in [-0.39, 0.29) is 5.60 Å². The molecule has 1 aromatic rings. The first-order valence-electron chi connectivity index (χ1n) is 11.4. The summed E-state index contributed by atoms with van der Waals surface area (Å²) in [4.78, 5) is 24.0. The molecule has 0 radical (unpaired) electrons. The van der Waals surface area contributed by atoms with Crippen molar-refractivity contribution in [1.82, 2.24) is 14.8 Å². The lowest BCUT2D eigenvalue weighted by molar-refractivity contribution is -0.149. The van der Waals surface area contributed by atoms with Gasteiger partial charge in [-0.15, -0.1) is 0 Å². The monoisotopic (exact) mass is 400 g/mol. The molecule has 1 aromatic heterocycles. The molecule has 0 N–H and O–H groups in total. The van der Waals surface area contributed by atoms with Crippen LogP contribution in [-0.2, 0) is 9.53 Å². The molecule has 3 saturated heterocycles. The normalized spacial score (nSPS) is 25.6. The molecule has 0 bridgehead atoms. The maximum absolute atomic E-state index is 12.4. The summed E-state index contributed by atoms with van der Waals surface area (Å²) in [5.74, 6) is 1.83. The van der Waals surface area contributed by atoms with Gasteiger partial charge in [-0.05, 0) is 43.7 Å². The van der Waals surface area contributed by atoms with Gasteiger partial charge in [0.2, 0.25) is 5.91 Å². The number of aromatic nitrogens is 1. The number of piperazine rings is 1. The summed E-state index contributed by atoms with van der Waals surface area (Å²) in [6.45, 7) is 11.1. The van der Waals surface area contributed by atoms with E-state index in [0.29, 0.717) is 24.3 Å². The first-order chi connectivity index (χ1) is 14.0. The van der Waals surface area contributed by atoms with Crippen molar-refractivity contribution in [1.29, 1.82) is 0 Å². The molecule has 1 amide bonds. The van der Waals surface area contributed by atoms with Crippen molar-refractivity contribution in [2.75, 3.05) is 50.8 Å². The highest BCUT2D eigenvalue weighted by atomic mass is 16.5. The van der Waals surface area contributed by atoms with Gasteiger partial charge in [0.15, 0.2) is 0 Å². The number of pyridine rings is 1. The zero-order chi connectivity index (χ0) is 20.3. The third kappa shape index (κ3) is 4.92. The van der Waals surface area contributed by atoms with Crippen LogP contribution in [0.15, 0.2) is 24.4 Å². The fourth-order valence-corrected chi connectivity index (χ4v) is 5.16. The molecule has 3 fully saturated rings. The van der Waals surface area contributed by atoms with Crippen LogP contribution in [0.1, 0.15) is 46.0 Å². The van der Waals surface area contributed by atoms with Gasteiger partial charge in [-0.25, -0.2) is 4.98 Å². The summed E-state index contributed by atoms with van der Waals surface area (Å²) >= 11 is 0. The molecule has 160 valence electrons. The number of hydrogen-bond acceptors (Lipinski definition) is 5. The van der Waals surface area contributed by atoms with E-state index < -0.39 is 0 Å². The maximum atomic E-state index is 12.4. The van der Waals surface area contributed by atoms with Gasteiger partial charge < -0.3 is 14.5 Å². The molecule has 4 heterocycles. The number of carbonyl (C=O) groups excluding carboxylic acids is 1. The Morgan fingerprint density at radius 1 is 1.17 bits per heavy atom. The minimum Gasteiger partial charge on any atom is -0.375 e. The van der Waals surface area contributed by atoms with E-state index >= 15 is 0 Å². The highest BCUT2D eigenvalue weighted by Crippen LogP contribution is 2.37. The predicted octanol–water partition coefficient (Wildman–Crippen LogP) is 2.79. The van der Waals surface area contributed by atoms with Crippen molar-refractivity contribution in [2.45, 2.75) is 57.6 Å². The smallest absolute Gasteiger partial charge is 0.222 e. The van der Waals surface area contributed by atoms with Crippen LogP contribution in [0.3, 0.4) is 0 Å². The van der Waals surface area contributed by atoms with Gasteiger partial charge >= 0.3 is 0 Å². The number of likely N-dealkylation sites (tertiary alicyclic amines) is 1. The molecule has 6 nitrogen and oxygen atoms in total. The first-order valence-corrected chi connectivity index (χ1v) is 11.4. The van der Waals surface area contributed by atoms with E-state index in [2.05, 4.69) is 45.7 Å². The van der Waals surface area contributed by atoms with Crippen molar-refractivity contribution in [2.24, 2.45) is 5.92 Å². The molecular weight excluding hydrogens is 364 g/mol. The summed E-state index contributed by atoms with van der Waals surface area (Å²) < 4.78 is 6.34. The van der Waals surface area contributed by atoms with Gasteiger partial charge in [0.05, 0.1) is 5.60 Å². The standard InChI is InChI=1S/C23H36N4O2/c1-19(2)17-22(28)27-10-7-23(8-11-27)18-20(6-16-29-23)25-12-14-26(15-13-25)21-5-3-4-9-24-21/h3-5,9,19-20H,6-8,10-18H2,1-2H3. The Hall–Kier alpha value is -1.66. The van der Waals surface area contributed by atoms with Crippen molar-refractivity contribution in [3.8, 4) is 0 Å². The SMILES string of the molecule is CC(C)CC(=O)N1CCC2(CC1)CC(N1CCN(c3ccccn3)CC1)CCO2. The van der Waals surface area contributed by atoms with E-state index in [9.17, 15) is 4.79 Å². The molecule has 1 unspecified atom stereocenters. The molecule has 0 aliphatic carbocycles. The second-order valence-corrected chi connectivity index (χ2v) is 9.37. The second-order valence-electron chi connectivity index (χ2n) is 9.37. The van der Waals surface area contributed by atoms with Gasteiger partial charge in [-0.2, -0.15) is 0 Å². The molecule has 29 heavy (non-hydrogen) atoms. The Kier molecular flexibility index (Phi) is 6.40. The predicted molar refractivity (Wildman–Crippen MR) is 115 cm³/mol. The Morgan fingerprint density at radius 3 is 2.59 bits per heavy atom. The third-order valence-corrected chi connectivity index (χ3v) is 6.88. The van der Waals surface area contributed by atoms with Crippen LogP contribution in [0.4, 0.5) is 5.82 Å². The minimum atomic E-state index is -0.0182. The van der Waals surface area contributed by atoms with E-state index in [1.54, 1.807) is 0 Å². The van der Waals surface area contributed by atoms with Crippen LogP contribution in [0, 0.1) is 5.92 Å². The van der Waals surface area contributed by atoms with Gasteiger partial charge in [0.1, 0.15) is 5.82 Å². The fraction of sp³-hybridized carbons (Fsp3) is 0.739. The highest BCUT2D eigenvalue weighted by Gasteiger charge is 2.42. The molecule has 0 aromatic carbocycles. The molecule has 1 spiro atoms. The van der Waals surface area contributed by atoms with Gasteiger partial charge in [0.25, 0.3) is 0 Å². The highest BCUT2D eigenvalue weighted by molar-refractivity contribution is 5.76. The molecule has 0 saturated carbocycles. The number of ether oxygens (including phenoxy) is 1. The topological polar surface area (TPSA) is 48.9 Å². The number of amides is 1. The van der Waals surface area contributed by atoms with Crippen molar-refractivity contribution >= 4 is 11.7 Å². The minimum absolute atomic E-state index is 0.0182. The first kappa shape index (κ1) is 20.6. The number of anilines is 1. The van der Waals surface area contributed by atoms with Crippen LogP contribution >= 0.6 is 0 Å². The average molecular weight is 401 g/mol. The quantitative estimate of drug-likeness (QED) is 0.778. The number of carbonyl (C=O) groups is 1. The molecular formula is C23H36N4O2. The zero-order valence-corrected chi connectivity index (χ0v) is 18.1. The van der Waals surface area contributed by atoms with Crippen molar-refractivity contribution in [3.05, 3.63) is 24.4 Å². The maximum Gasteiger partial charge on any atom is 0.222 e. The Labute approximate surface area is 175 Å². The fourth-order valence-electron chi connectivity index (χ4n) is 5.16. The summed E-state index contributed by atoms with van der Waals surface area (Å²) in [5, 5.41) is 0. The molecule has 1 atom stereocenters. The second kappa shape index (κ2) is 9.00. The number of rotatable bonds is 4. The van der Waals surface area contributed by atoms with E-state index in [0.717, 1.165) is 77.4 Å². The van der Waals surface area contributed by atoms with E-state index in [4.69, 9.17) is 4.74 Å². The van der Waals surface area contributed by atoms with Crippen LogP contribution in [-0.4, -0.2) is 78.2 Å². The third-order valence-electron chi connectivity index (χ3n) is 6.88. The number of nitrogens with zero attached hydrogens (tertiary/aromatic N) is 4. The Balaban J connectivity index is 1.29. The van der Waals surface area contributed by atoms with Gasteiger partial charge in [-0.3, -0.25) is 9.69 Å². The Morgan fingerprint density at radius 2 is 1.93 bits per heavy atom. The summed E-state index contributed by atoms with van der Waals surface area (Å²) in [6.07, 6.45) is 6.76. The zero-order valence-electron chi connectivity index (χ0n) is 18.1. The molecule has 6 heteroatoms. The largest absolute Gasteiger partial charge is 0.375 e. The van der Waals surface area contributed by atoms with Crippen LogP contribution < -0.4 is 4.90 Å². The summed E-state index contributed by atoms with van der Waals surface area (Å²) in [7, 11) is 0. The average Bonchev–Trinajstić information content (AvgIpc) is 2.74. The van der Waals surface area contributed by atoms with Crippen LogP contribution in [0.5, 0.6) is 0 Å². The van der Waals surface area contributed by atoms with Crippen molar-refractivity contribution < 1.29 is 9.53 Å². The van der Waals surface area contributed by atoms with Gasteiger partial charge in [0, 0.05) is 64.5 Å². The lowest BCUT2D eigenvalue weighted by Crippen LogP contribution is -2.57. The van der Waals surface area contributed by atoms with Crippen LogP contribution in [0.25, 0.3) is 0 Å². The number of hydrogen-bond donors (Lipinski definition) is 0. The summed E-state index contributed by atoms with van der Waals surface area (Å²) in [5.41, 5.74) is -0.0182. The van der Waals surface area contributed by atoms with Crippen LogP contribution in [0.2, 0.25) is 0 Å².